The molecule has 0 unspecified atom stereocenters. The predicted octanol–water partition coefficient (Wildman–Crippen LogP) is 14.9. The molecule has 0 amide bonds. The molecule has 8 saturated carbocycles. The SMILES string of the molecule is CC(C)CCC[C@@H](C)[C@H]1CC[C@H]2[C@@H]3CC[C@H]4C[C@@H](O)CC[C@]4(C)[C@H]3CC[C@]12C.CC(C)CCC[C@@H](C)[C@H]1CC[C@H]2[C@@H]3CC[C@H]4C[C@@H](O)CC[C@]4(C)[C@H]3CC[C@]12C.O=C(O)CCC(=O)O. The van der Waals surface area contributed by atoms with Crippen LogP contribution in [-0.4, -0.2) is 44.6 Å². The van der Waals surface area contributed by atoms with Crippen molar-refractivity contribution in [2.24, 2.45) is 105 Å². The maximum Gasteiger partial charge on any atom is 0.303 e. The summed E-state index contributed by atoms with van der Waals surface area (Å²) < 4.78 is 0. The normalized spacial score (nSPS) is 44.3. The number of carboxylic acid groups (broad SMARTS) is 2. The van der Waals surface area contributed by atoms with Gasteiger partial charge in [-0.15, -0.1) is 0 Å². The van der Waals surface area contributed by atoms with Gasteiger partial charge in [-0.2, -0.15) is 0 Å². The predicted molar refractivity (Wildman–Crippen MR) is 263 cm³/mol. The Morgan fingerprint density at radius 3 is 1.14 bits per heavy atom. The van der Waals surface area contributed by atoms with Crippen molar-refractivity contribution in [3.05, 3.63) is 0 Å². The Morgan fingerprint density at radius 2 is 0.797 bits per heavy atom. The van der Waals surface area contributed by atoms with Crippen LogP contribution in [0.3, 0.4) is 0 Å². The zero-order valence-corrected chi connectivity index (χ0v) is 43.2. The second kappa shape index (κ2) is 21.7. The molecule has 0 bridgehead atoms. The number of aliphatic hydroxyl groups excluding tert-OH is 2. The fraction of sp³-hybridized carbons (Fsp3) is 0.966. The highest BCUT2D eigenvalue weighted by molar-refractivity contribution is 5.75. The minimum atomic E-state index is -1.08. The molecule has 8 fully saturated rings. The van der Waals surface area contributed by atoms with Crippen LogP contribution in [-0.2, 0) is 9.59 Å². The van der Waals surface area contributed by atoms with Gasteiger partial charge in [-0.05, 0) is 220 Å². The van der Waals surface area contributed by atoms with Gasteiger partial charge in [0.25, 0.3) is 0 Å². The second-order valence-corrected chi connectivity index (χ2v) is 26.5. The fourth-order valence-electron chi connectivity index (χ4n) is 18.7. The van der Waals surface area contributed by atoms with E-state index in [-0.39, 0.29) is 25.0 Å². The van der Waals surface area contributed by atoms with Crippen molar-refractivity contribution in [1.82, 2.24) is 0 Å². The first-order valence-electron chi connectivity index (χ1n) is 27.9. The summed E-state index contributed by atoms with van der Waals surface area (Å²) in [4.78, 5) is 19.3. The number of carboxylic acids is 2. The highest BCUT2D eigenvalue weighted by atomic mass is 16.4. The molecule has 370 valence electrons. The minimum absolute atomic E-state index is 0.00830. The third-order valence-corrected chi connectivity index (χ3v) is 22.2. The summed E-state index contributed by atoms with van der Waals surface area (Å²) in [5.74, 6) is 10.8. The van der Waals surface area contributed by atoms with Crippen LogP contribution in [0.5, 0.6) is 0 Å². The smallest absolute Gasteiger partial charge is 0.303 e. The zero-order valence-electron chi connectivity index (χ0n) is 43.2. The Labute approximate surface area is 393 Å². The molecular formula is C58H102O6. The van der Waals surface area contributed by atoms with Crippen LogP contribution in [0.25, 0.3) is 0 Å². The molecule has 6 nitrogen and oxygen atoms in total. The topological polar surface area (TPSA) is 115 Å². The molecule has 8 aliphatic carbocycles. The van der Waals surface area contributed by atoms with Crippen molar-refractivity contribution < 1.29 is 30.0 Å². The van der Waals surface area contributed by atoms with Gasteiger partial charge in [-0.25, -0.2) is 0 Å². The Morgan fingerprint density at radius 1 is 0.453 bits per heavy atom. The van der Waals surface area contributed by atoms with E-state index in [0.29, 0.717) is 21.7 Å². The summed E-state index contributed by atoms with van der Waals surface area (Å²) in [6.45, 7) is 25.4. The number of hydrogen-bond donors (Lipinski definition) is 4. The number of rotatable bonds is 13. The molecule has 0 aromatic carbocycles. The summed E-state index contributed by atoms with van der Waals surface area (Å²) >= 11 is 0. The lowest BCUT2D eigenvalue weighted by molar-refractivity contribution is -0.143. The molecule has 0 spiro atoms. The number of fused-ring (bicyclic) bond motifs is 10. The van der Waals surface area contributed by atoms with E-state index in [4.69, 9.17) is 10.2 Å². The van der Waals surface area contributed by atoms with Gasteiger partial charge in [-0.3, -0.25) is 9.59 Å². The first kappa shape index (κ1) is 52.2. The Bertz CT molecular complexity index is 1400. The molecule has 0 aromatic heterocycles. The Kier molecular flexibility index (Phi) is 17.7. The number of aliphatic carboxylic acids is 2. The van der Waals surface area contributed by atoms with E-state index in [9.17, 15) is 19.8 Å². The molecule has 0 aliphatic heterocycles. The van der Waals surface area contributed by atoms with E-state index in [1.807, 2.05) is 0 Å². The number of hydrogen-bond acceptors (Lipinski definition) is 4. The quantitative estimate of drug-likeness (QED) is 0.146. The van der Waals surface area contributed by atoms with E-state index < -0.39 is 11.9 Å². The molecule has 64 heavy (non-hydrogen) atoms. The van der Waals surface area contributed by atoms with Crippen LogP contribution in [0, 0.1) is 105 Å². The number of aliphatic hydroxyl groups is 2. The average molecular weight is 895 g/mol. The van der Waals surface area contributed by atoms with Crippen molar-refractivity contribution in [2.75, 3.05) is 0 Å². The summed E-state index contributed by atoms with van der Waals surface area (Å²) in [5.41, 5.74) is 2.31. The third-order valence-electron chi connectivity index (χ3n) is 22.2. The van der Waals surface area contributed by atoms with Crippen molar-refractivity contribution in [3.8, 4) is 0 Å². The minimum Gasteiger partial charge on any atom is -0.481 e. The van der Waals surface area contributed by atoms with Crippen LogP contribution in [0.2, 0.25) is 0 Å². The summed E-state index contributed by atoms with van der Waals surface area (Å²) in [6, 6.07) is 0. The molecule has 6 heteroatoms. The molecule has 0 heterocycles. The maximum absolute atomic E-state index is 10.3. The Balaban J connectivity index is 0.000000182. The van der Waals surface area contributed by atoms with E-state index in [2.05, 4.69) is 69.2 Å². The Hall–Kier alpha value is -1.14. The van der Waals surface area contributed by atoms with Gasteiger partial charge in [0, 0.05) is 0 Å². The van der Waals surface area contributed by atoms with Gasteiger partial charge >= 0.3 is 11.9 Å². The van der Waals surface area contributed by atoms with Crippen LogP contribution in [0.15, 0.2) is 0 Å². The first-order chi connectivity index (χ1) is 30.1. The molecule has 0 aromatic rings. The van der Waals surface area contributed by atoms with Crippen LogP contribution < -0.4 is 0 Å². The van der Waals surface area contributed by atoms with Gasteiger partial charge in [0.15, 0.2) is 0 Å². The number of carbonyl (C=O) groups is 2. The summed E-state index contributed by atoms with van der Waals surface area (Å²) in [5, 5.41) is 36.3. The van der Waals surface area contributed by atoms with Crippen molar-refractivity contribution >= 4 is 11.9 Å². The monoisotopic (exact) mass is 895 g/mol. The fourth-order valence-corrected chi connectivity index (χ4v) is 18.7. The van der Waals surface area contributed by atoms with Crippen molar-refractivity contribution in [1.29, 1.82) is 0 Å². The molecule has 0 saturated heterocycles. The highest BCUT2D eigenvalue weighted by Gasteiger charge is 2.62. The average Bonchev–Trinajstić information content (AvgIpc) is 3.78. The van der Waals surface area contributed by atoms with Gasteiger partial charge in [0.2, 0.25) is 0 Å². The van der Waals surface area contributed by atoms with E-state index in [0.717, 1.165) is 109 Å². The van der Waals surface area contributed by atoms with Crippen molar-refractivity contribution in [3.63, 3.8) is 0 Å². The van der Waals surface area contributed by atoms with E-state index in [1.54, 1.807) is 0 Å². The van der Waals surface area contributed by atoms with Crippen molar-refractivity contribution in [2.45, 2.75) is 248 Å². The maximum atomic E-state index is 10.3. The molecular weight excluding hydrogens is 793 g/mol. The van der Waals surface area contributed by atoms with E-state index in [1.165, 1.54) is 128 Å². The van der Waals surface area contributed by atoms with Gasteiger partial charge in [-0.1, -0.05) is 108 Å². The third kappa shape index (κ3) is 11.1. The zero-order chi connectivity index (χ0) is 46.8. The standard InChI is InChI=1S/2C27H48O.C4H6O4/c2*1-18(2)7-6-8-19(3)23-11-12-24-22-10-9-20-17-21(28)13-15-26(20,4)25(22)14-16-27(23,24)5;5-3(6)1-2-4(7)8/h2*18-25,28H,6-17H2,1-5H3;1-2H2,(H,5,6)(H,7,8)/t2*19-,20+,21+,22+,23-,24+,25+,26+,27-;/m11./s1. The molecule has 18 atom stereocenters. The second-order valence-electron chi connectivity index (χ2n) is 26.5. The summed E-state index contributed by atoms with van der Waals surface area (Å²) in [7, 11) is 0. The molecule has 0 radical (unpaired) electrons. The molecule has 8 rings (SSSR count). The van der Waals surface area contributed by atoms with Crippen LogP contribution in [0.1, 0.15) is 236 Å². The van der Waals surface area contributed by atoms with E-state index >= 15 is 0 Å². The van der Waals surface area contributed by atoms with Crippen LogP contribution >= 0.6 is 0 Å². The summed E-state index contributed by atoms with van der Waals surface area (Å²) in [6.07, 6.45) is 32.6. The largest absolute Gasteiger partial charge is 0.481 e. The van der Waals surface area contributed by atoms with Gasteiger partial charge in [0.1, 0.15) is 0 Å². The van der Waals surface area contributed by atoms with Gasteiger partial charge in [0.05, 0.1) is 25.0 Å². The lowest BCUT2D eigenvalue weighted by Crippen LogP contribution is -2.54. The van der Waals surface area contributed by atoms with Crippen LogP contribution in [0.4, 0.5) is 0 Å². The molecule has 4 N–H and O–H groups in total. The lowest BCUT2D eigenvalue weighted by atomic mass is 9.44. The highest BCUT2D eigenvalue weighted by Crippen LogP contribution is 2.70. The first-order valence-corrected chi connectivity index (χ1v) is 27.9. The lowest BCUT2D eigenvalue weighted by Gasteiger charge is -2.61. The molecule has 8 aliphatic rings. The van der Waals surface area contributed by atoms with Gasteiger partial charge < -0.3 is 20.4 Å².